The first-order valence-corrected chi connectivity index (χ1v) is 8.09. The average Bonchev–Trinajstić information content (AvgIpc) is 2.92. The molecule has 1 aromatic heterocycles. The molecular formula is C17H24N6O2. The van der Waals surface area contributed by atoms with Crippen molar-refractivity contribution in [2.24, 2.45) is 22.4 Å². The van der Waals surface area contributed by atoms with Gasteiger partial charge in [-0.1, -0.05) is 13.8 Å². The van der Waals surface area contributed by atoms with Crippen LogP contribution in [0.5, 0.6) is 0 Å². The van der Waals surface area contributed by atoms with Crippen LogP contribution in [0, 0.1) is 5.92 Å². The lowest BCUT2D eigenvalue weighted by molar-refractivity contribution is -0.119. The number of aliphatic imine (C=N–C) groups is 1. The van der Waals surface area contributed by atoms with Gasteiger partial charge in [0.1, 0.15) is 11.9 Å². The van der Waals surface area contributed by atoms with Gasteiger partial charge < -0.3 is 22.1 Å². The Morgan fingerprint density at radius 2 is 2.24 bits per heavy atom. The smallest absolute Gasteiger partial charge is 0.254 e. The molecular weight excluding hydrogens is 320 g/mol. The zero-order valence-electron chi connectivity index (χ0n) is 14.7. The highest BCUT2D eigenvalue weighted by Crippen LogP contribution is 2.27. The summed E-state index contributed by atoms with van der Waals surface area (Å²) >= 11 is 0. The molecule has 1 aromatic rings. The Labute approximate surface area is 146 Å². The summed E-state index contributed by atoms with van der Waals surface area (Å²) in [5.41, 5.74) is 13.4. The minimum Gasteiger partial charge on any atom is -0.404 e. The van der Waals surface area contributed by atoms with Crippen LogP contribution in [0.25, 0.3) is 5.57 Å². The normalized spacial score (nSPS) is 15.4. The zero-order valence-corrected chi connectivity index (χ0v) is 14.7. The van der Waals surface area contributed by atoms with Gasteiger partial charge in [-0.25, -0.2) is 4.98 Å². The Hall–Kier alpha value is -2.90. The Kier molecular flexibility index (Phi) is 5.74. The molecule has 0 saturated carbocycles. The number of anilines is 1. The van der Waals surface area contributed by atoms with Crippen LogP contribution in [0.2, 0.25) is 0 Å². The highest BCUT2D eigenvalue weighted by molar-refractivity contribution is 6.14. The van der Waals surface area contributed by atoms with Gasteiger partial charge in [0.15, 0.2) is 0 Å². The molecule has 2 amide bonds. The first kappa shape index (κ1) is 18.4. The van der Waals surface area contributed by atoms with Gasteiger partial charge in [0.2, 0.25) is 5.91 Å². The number of hydrogen-bond acceptors (Lipinski definition) is 6. The maximum Gasteiger partial charge on any atom is 0.254 e. The van der Waals surface area contributed by atoms with E-state index in [-0.39, 0.29) is 11.8 Å². The number of nitrogens with one attached hydrogen (secondary N) is 2. The lowest BCUT2D eigenvalue weighted by Crippen LogP contribution is -2.36. The number of amides is 2. The number of hydrogen-bond donors (Lipinski definition) is 4. The molecule has 8 nitrogen and oxygen atoms in total. The quantitative estimate of drug-likeness (QED) is 0.538. The molecule has 0 radical (unpaired) electrons. The Balaban J connectivity index is 2.47. The van der Waals surface area contributed by atoms with Crippen LogP contribution >= 0.6 is 0 Å². The topological polar surface area (TPSA) is 135 Å². The van der Waals surface area contributed by atoms with Crippen molar-refractivity contribution >= 4 is 29.4 Å². The minimum atomic E-state index is -0.548. The van der Waals surface area contributed by atoms with Crippen molar-refractivity contribution < 1.29 is 9.59 Å². The van der Waals surface area contributed by atoms with Gasteiger partial charge in [-0.2, -0.15) is 0 Å². The van der Waals surface area contributed by atoms with Crippen molar-refractivity contribution in [3.05, 3.63) is 29.1 Å². The van der Waals surface area contributed by atoms with Crippen LogP contribution in [0.3, 0.4) is 0 Å². The number of primary amides is 1. The van der Waals surface area contributed by atoms with Crippen LogP contribution in [0.1, 0.15) is 41.9 Å². The van der Waals surface area contributed by atoms with Gasteiger partial charge >= 0.3 is 0 Å². The standard InChI is InChI=1S/C17H24N6O2/c1-9(2)4-12(16(19)24)22-13-5-10-8-21-17(25)14(10)15(23-13)11(6-18)7-20-3/h5-7,9,12H,4,8,18H2,1-3H3,(H2,19,24)(H,21,25)(H,22,23)/t12-/m1/s1. The molecule has 1 aliphatic heterocycles. The number of allylic oxidation sites excluding steroid dienone is 1. The summed E-state index contributed by atoms with van der Waals surface area (Å²) in [6.07, 6.45) is 3.47. The molecule has 2 heterocycles. The fourth-order valence-corrected chi connectivity index (χ4v) is 2.76. The number of aromatic nitrogens is 1. The molecule has 25 heavy (non-hydrogen) atoms. The Bertz CT molecular complexity index is 739. The van der Waals surface area contributed by atoms with E-state index in [1.165, 1.54) is 12.4 Å². The molecule has 1 atom stereocenters. The second-order valence-electron chi connectivity index (χ2n) is 6.31. The van der Waals surface area contributed by atoms with E-state index < -0.39 is 11.9 Å². The van der Waals surface area contributed by atoms with Crippen LogP contribution in [0.15, 0.2) is 17.3 Å². The van der Waals surface area contributed by atoms with Crippen LogP contribution in [0.4, 0.5) is 5.82 Å². The molecule has 0 fully saturated rings. The third-order valence-corrected chi connectivity index (χ3v) is 3.86. The first-order chi connectivity index (χ1) is 11.9. The predicted octanol–water partition coefficient (Wildman–Crippen LogP) is 0.637. The fraction of sp³-hybridized carbons (Fsp3) is 0.412. The molecule has 1 aliphatic rings. The zero-order chi connectivity index (χ0) is 18.6. The average molecular weight is 344 g/mol. The second kappa shape index (κ2) is 7.78. The van der Waals surface area contributed by atoms with Crippen molar-refractivity contribution in [2.45, 2.75) is 32.9 Å². The van der Waals surface area contributed by atoms with Gasteiger partial charge in [-0.3, -0.25) is 14.6 Å². The Morgan fingerprint density at radius 3 is 2.80 bits per heavy atom. The summed E-state index contributed by atoms with van der Waals surface area (Å²) in [7, 11) is 1.61. The van der Waals surface area contributed by atoms with E-state index in [0.717, 1.165) is 5.56 Å². The van der Waals surface area contributed by atoms with Crippen molar-refractivity contribution in [1.29, 1.82) is 0 Å². The minimum absolute atomic E-state index is 0.207. The molecule has 0 saturated heterocycles. The molecule has 0 bridgehead atoms. The molecule has 0 aromatic carbocycles. The molecule has 6 N–H and O–H groups in total. The third-order valence-electron chi connectivity index (χ3n) is 3.86. The van der Waals surface area contributed by atoms with Crippen LogP contribution < -0.4 is 22.1 Å². The van der Waals surface area contributed by atoms with E-state index in [2.05, 4.69) is 20.6 Å². The number of fused-ring (bicyclic) bond motifs is 1. The monoisotopic (exact) mass is 344 g/mol. The fourth-order valence-electron chi connectivity index (χ4n) is 2.76. The highest BCUT2D eigenvalue weighted by Gasteiger charge is 2.27. The van der Waals surface area contributed by atoms with Crippen molar-refractivity contribution in [3.8, 4) is 0 Å². The van der Waals surface area contributed by atoms with Crippen molar-refractivity contribution in [2.75, 3.05) is 12.4 Å². The first-order valence-electron chi connectivity index (χ1n) is 8.09. The van der Waals surface area contributed by atoms with Gasteiger partial charge in [0.25, 0.3) is 5.91 Å². The molecule has 8 heteroatoms. The van der Waals surface area contributed by atoms with E-state index >= 15 is 0 Å². The molecule has 134 valence electrons. The lowest BCUT2D eigenvalue weighted by atomic mass is 10.0. The highest BCUT2D eigenvalue weighted by atomic mass is 16.2. The van der Waals surface area contributed by atoms with Gasteiger partial charge in [-0.15, -0.1) is 0 Å². The maximum absolute atomic E-state index is 12.1. The van der Waals surface area contributed by atoms with E-state index in [1.807, 2.05) is 13.8 Å². The number of pyridine rings is 1. The third kappa shape index (κ3) is 4.14. The van der Waals surface area contributed by atoms with E-state index in [0.29, 0.717) is 35.6 Å². The van der Waals surface area contributed by atoms with Gasteiger partial charge in [-0.05, 0) is 24.0 Å². The lowest BCUT2D eigenvalue weighted by Gasteiger charge is -2.19. The van der Waals surface area contributed by atoms with Crippen LogP contribution in [-0.4, -0.2) is 36.1 Å². The van der Waals surface area contributed by atoms with Crippen LogP contribution in [-0.2, 0) is 11.3 Å². The number of nitrogens with zero attached hydrogens (tertiary/aromatic N) is 2. The van der Waals surface area contributed by atoms with Crippen molar-refractivity contribution in [3.63, 3.8) is 0 Å². The van der Waals surface area contributed by atoms with E-state index in [9.17, 15) is 9.59 Å². The summed E-state index contributed by atoms with van der Waals surface area (Å²) in [6, 6.07) is 1.21. The largest absolute Gasteiger partial charge is 0.404 e. The molecule has 0 unspecified atom stereocenters. The number of nitrogens with two attached hydrogens (primary N) is 2. The molecule has 0 spiro atoms. The molecule has 2 rings (SSSR count). The molecule has 0 aliphatic carbocycles. The van der Waals surface area contributed by atoms with Gasteiger partial charge in [0.05, 0.1) is 11.3 Å². The second-order valence-corrected chi connectivity index (χ2v) is 6.31. The number of rotatable bonds is 7. The van der Waals surface area contributed by atoms with E-state index in [1.54, 1.807) is 13.1 Å². The summed E-state index contributed by atoms with van der Waals surface area (Å²) in [6.45, 7) is 4.41. The SMILES string of the molecule is CN=CC(=CN)c1nc(N[C@H](CC(C)C)C(N)=O)cc2c1C(=O)NC2. The van der Waals surface area contributed by atoms with E-state index in [4.69, 9.17) is 11.5 Å². The summed E-state index contributed by atoms with van der Waals surface area (Å²) < 4.78 is 0. The van der Waals surface area contributed by atoms with Gasteiger partial charge in [0, 0.05) is 31.6 Å². The van der Waals surface area contributed by atoms with Crippen molar-refractivity contribution in [1.82, 2.24) is 10.3 Å². The summed E-state index contributed by atoms with van der Waals surface area (Å²) in [5.74, 6) is 0.102. The predicted molar refractivity (Wildman–Crippen MR) is 98.0 cm³/mol. The number of carbonyl (C=O) groups excluding carboxylic acids is 2. The summed E-state index contributed by atoms with van der Waals surface area (Å²) in [5, 5.41) is 5.85. The number of carbonyl (C=O) groups is 2. The summed E-state index contributed by atoms with van der Waals surface area (Å²) in [4.78, 5) is 32.3. The Morgan fingerprint density at radius 1 is 1.52 bits per heavy atom. The maximum atomic E-state index is 12.1.